The van der Waals surface area contributed by atoms with Gasteiger partial charge in [-0.05, 0) is 19.3 Å². The summed E-state index contributed by atoms with van der Waals surface area (Å²) in [5.41, 5.74) is -0.635. The molecular formula is C11H19NO2. The average Bonchev–Trinajstić information content (AvgIpc) is 2.60. The van der Waals surface area contributed by atoms with Crippen molar-refractivity contribution in [3.8, 4) is 0 Å². The molecule has 1 aliphatic rings. The van der Waals surface area contributed by atoms with Crippen LogP contribution in [0.2, 0.25) is 0 Å². The van der Waals surface area contributed by atoms with Gasteiger partial charge in [-0.1, -0.05) is 18.9 Å². The van der Waals surface area contributed by atoms with Gasteiger partial charge in [0.25, 0.3) is 0 Å². The summed E-state index contributed by atoms with van der Waals surface area (Å²) < 4.78 is 0. The van der Waals surface area contributed by atoms with E-state index in [1.807, 2.05) is 0 Å². The van der Waals surface area contributed by atoms with Gasteiger partial charge in [-0.2, -0.15) is 0 Å². The van der Waals surface area contributed by atoms with Crippen molar-refractivity contribution in [1.29, 1.82) is 0 Å². The molecule has 0 saturated heterocycles. The van der Waals surface area contributed by atoms with E-state index in [-0.39, 0.29) is 5.91 Å². The molecule has 1 fully saturated rings. The molecule has 0 aliphatic heterocycles. The van der Waals surface area contributed by atoms with Crippen LogP contribution < -0.4 is 5.32 Å². The fourth-order valence-electron chi connectivity index (χ4n) is 1.79. The highest BCUT2D eigenvalue weighted by Crippen LogP contribution is 2.28. The van der Waals surface area contributed by atoms with Crippen LogP contribution in [0.3, 0.4) is 0 Å². The smallest absolute Gasteiger partial charge is 0.220 e. The Morgan fingerprint density at radius 3 is 2.71 bits per heavy atom. The average molecular weight is 197 g/mol. The van der Waals surface area contributed by atoms with Crippen LogP contribution in [0, 0.1) is 0 Å². The van der Waals surface area contributed by atoms with E-state index in [2.05, 4.69) is 11.9 Å². The lowest BCUT2D eigenvalue weighted by molar-refractivity contribution is -0.122. The van der Waals surface area contributed by atoms with Crippen molar-refractivity contribution in [1.82, 2.24) is 5.32 Å². The summed E-state index contributed by atoms with van der Waals surface area (Å²) in [5, 5.41) is 12.7. The summed E-state index contributed by atoms with van der Waals surface area (Å²) in [6, 6.07) is 0. The zero-order valence-electron chi connectivity index (χ0n) is 8.59. The van der Waals surface area contributed by atoms with Gasteiger partial charge in [-0.15, -0.1) is 6.58 Å². The molecule has 0 heterocycles. The highest BCUT2D eigenvalue weighted by molar-refractivity contribution is 5.76. The van der Waals surface area contributed by atoms with Gasteiger partial charge in [0.15, 0.2) is 0 Å². The molecule has 2 N–H and O–H groups in total. The maximum Gasteiger partial charge on any atom is 0.220 e. The fourth-order valence-corrected chi connectivity index (χ4v) is 1.79. The molecule has 0 aromatic carbocycles. The van der Waals surface area contributed by atoms with E-state index in [4.69, 9.17) is 0 Å². The first kappa shape index (κ1) is 11.2. The number of amides is 1. The van der Waals surface area contributed by atoms with Crippen molar-refractivity contribution < 1.29 is 9.90 Å². The van der Waals surface area contributed by atoms with Gasteiger partial charge in [-0.3, -0.25) is 4.79 Å². The van der Waals surface area contributed by atoms with Gasteiger partial charge in [0.2, 0.25) is 5.91 Å². The van der Waals surface area contributed by atoms with Gasteiger partial charge in [0.1, 0.15) is 0 Å². The second-order valence-corrected chi connectivity index (χ2v) is 4.04. The van der Waals surface area contributed by atoms with Crippen LogP contribution in [0.25, 0.3) is 0 Å². The number of hydrogen-bond donors (Lipinski definition) is 2. The lowest BCUT2D eigenvalue weighted by atomic mass is 10.0. The number of rotatable bonds is 5. The second kappa shape index (κ2) is 5.15. The first-order valence-corrected chi connectivity index (χ1v) is 5.26. The molecule has 1 amide bonds. The Morgan fingerprint density at radius 1 is 1.50 bits per heavy atom. The molecule has 0 spiro atoms. The summed E-state index contributed by atoms with van der Waals surface area (Å²) in [5.74, 6) is 0.00484. The summed E-state index contributed by atoms with van der Waals surface area (Å²) >= 11 is 0. The minimum absolute atomic E-state index is 0.00484. The van der Waals surface area contributed by atoms with E-state index >= 15 is 0 Å². The van der Waals surface area contributed by atoms with Crippen LogP contribution in [-0.2, 0) is 4.79 Å². The highest BCUT2D eigenvalue weighted by Gasteiger charge is 2.30. The van der Waals surface area contributed by atoms with Crippen LogP contribution in [0.5, 0.6) is 0 Å². The molecule has 3 heteroatoms. The Morgan fingerprint density at radius 2 is 2.14 bits per heavy atom. The Balaban J connectivity index is 2.18. The van der Waals surface area contributed by atoms with Gasteiger partial charge >= 0.3 is 0 Å². The lowest BCUT2D eigenvalue weighted by Gasteiger charge is -2.22. The minimum Gasteiger partial charge on any atom is -0.388 e. The van der Waals surface area contributed by atoms with Crippen molar-refractivity contribution in [3.63, 3.8) is 0 Å². The largest absolute Gasteiger partial charge is 0.388 e. The van der Waals surface area contributed by atoms with Crippen LogP contribution in [0.1, 0.15) is 38.5 Å². The molecule has 14 heavy (non-hydrogen) atoms. The van der Waals surface area contributed by atoms with Gasteiger partial charge < -0.3 is 10.4 Å². The summed E-state index contributed by atoms with van der Waals surface area (Å²) in [6.07, 6.45) is 6.66. The van der Waals surface area contributed by atoms with Gasteiger partial charge in [-0.25, -0.2) is 0 Å². The van der Waals surface area contributed by atoms with E-state index < -0.39 is 5.60 Å². The maximum atomic E-state index is 11.2. The van der Waals surface area contributed by atoms with Crippen molar-refractivity contribution in [2.45, 2.75) is 44.1 Å². The highest BCUT2D eigenvalue weighted by atomic mass is 16.3. The minimum atomic E-state index is -0.635. The molecule has 0 aromatic heterocycles. The number of hydrogen-bond acceptors (Lipinski definition) is 2. The summed E-state index contributed by atoms with van der Waals surface area (Å²) in [7, 11) is 0. The molecule has 0 atom stereocenters. The topological polar surface area (TPSA) is 49.3 Å². The van der Waals surface area contributed by atoms with E-state index in [1.54, 1.807) is 6.08 Å². The van der Waals surface area contributed by atoms with Crippen LogP contribution in [0.4, 0.5) is 0 Å². The van der Waals surface area contributed by atoms with Crippen molar-refractivity contribution >= 4 is 5.91 Å². The zero-order valence-corrected chi connectivity index (χ0v) is 8.59. The zero-order chi connectivity index (χ0) is 10.4. The first-order valence-electron chi connectivity index (χ1n) is 5.26. The number of nitrogens with one attached hydrogen (secondary N) is 1. The van der Waals surface area contributed by atoms with Crippen LogP contribution in [0.15, 0.2) is 12.7 Å². The molecule has 1 rings (SSSR count). The van der Waals surface area contributed by atoms with E-state index in [9.17, 15) is 9.90 Å². The Labute approximate surface area is 85.2 Å². The second-order valence-electron chi connectivity index (χ2n) is 4.04. The number of allylic oxidation sites excluding steroid dienone is 1. The number of aliphatic hydroxyl groups is 1. The van der Waals surface area contributed by atoms with Crippen LogP contribution >= 0.6 is 0 Å². The molecule has 1 saturated carbocycles. The van der Waals surface area contributed by atoms with Crippen molar-refractivity contribution in [2.75, 3.05) is 6.54 Å². The predicted molar refractivity (Wildman–Crippen MR) is 55.9 cm³/mol. The molecule has 80 valence electrons. The maximum absolute atomic E-state index is 11.2. The van der Waals surface area contributed by atoms with Crippen molar-refractivity contribution in [3.05, 3.63) is 12.7 Å². The van der Waals surface area contributed by atoms with Gasteiger partial charge in [0, 0.05) is 13.0 Å². The first-order chi connectivity index (χ1) is 6.66. The number of carbonyl (C=O) groups is 1. The standard InChI is InChI=1S/C11H19NO2/c1-2-3-6-10(13)12-9-11(14)7-4-5-8-11/h2,14H,1,3-9H2,(H,12,13). The fraction of sp³-hybridized carbons (Fsp3) is 0.727. The molecule has 1 aliphatic carbocycles. The normalized spacial score (nSPS) is 19.2. The van der Waals surface area contributed by atoms with E-state index in [1.165, 1.54) is 0 Å². The molecule has 0 radical (unpaired) electrons. The number of carbonyl (C=O) groups excluding carboxylic acids is 1. The predicted octanol–water partition coefficient (Wildman–Crippen LogP) is 1.37. The van der Waals surface area contributed by atoms with Crippen molar-refractivity contribution in [2.24, 2.45) is 0 Å². The molecule has 0 bridgehead atoms. The Bertz CT molecular complexity index is 207. The van der Waals surface area contributed by atoms with Crippen LogP contribution in [-0.4, -0.2) is 23.2 Å². The van der Waals surface area contributed by atoms with E-state index in [0.29, 0.717) is 19.4 Å². The lowest BCUT2D eigenvalue weighted by Crippen LogP contribution is -2.40. The third kappa shape index (κ3) is 3.50. The molecule has 3 nitrogen and oxygen atoms in total. The Hall–Kier alpha value is -0.830. The SMILES string of the molecule is C=CCCC(=O)NCC1(O)CCCC1. The molecule has 0 aromatic rings. The Kier molecular flexibility index (Phi) is 4.14. The quantitative estimate of drug-likeness (QED) is 0.654. The summed E-state index contributed by atoms with van der Waals surface area (Å²) in [4.78, 5) is 11.2. The third-order valence-corrected chi connectivity index (χ3v) is 2.72. The van der Waals surface area contributed by atoms with Gasteiger partial charge in [0.05, 0.1) is 5.60 Å². The summed E-state index contributed by atoms with van der Waals surface area (Å²) in [6.45, 7) is 3.96. The third-order valence-electron chi connectivity index (χ3n) is 2.72. The molecule has 0 unspecified atom stereocenters. The molecular weight excluding hydrogens is 178 g/mol. The van der Waals surface area contributed by atoms with E-state index in [0.717, 1.165) is 25.7 Å². The monoisotopic (exact) mass is 197 g/mol.